The van der Waals surface area contributed by atoms with Gasteiger partial charge in [-0.05, 0) is 32.9 Å². The van der Waals surface area contributed by atoms with Gasteiger partial charge in [-0.3, -0.25) is 0 Å². The van der Waals surface area contributed by atoms with Crippen molar-refractivity contribution < 1.29 is 14.6 Å². The summed E-state index contributed by atoms with van der Waals surface area (Å²) >= 11 is 0. The molecule has 1 heterocycles. The van der Waals surface area contributed by atoms with Crippen molar-refractivity contribution in [1.29, 1.82) is 0 Å². The van der Waals surface area contributed by atoms with Gasteiger partial charge >= 0.3 is 5.97 Å². The van der Waals surface area contributed by atoms with Crippen molar-refractivity contribution in [1.82, 2.24) is 4.98 Å². The third-order valence-electron chi connectivity index (χ3n) is 2.53. The van der Waals surface area contributed by atoms with Crippen LogP contribution >= 0.6 is 0 Å². The molecule has 1 rings (SSSR count). The van der Waals surface area contributed by atoms with Crippen LogP contribution in [-0.2, 0) is 4.74 Å². The van der Waals surface area contributed by atoms with E-state index in [1.165, 1.54) is 0 Å². The summed E-state index contributed by atoms with van der Waals surface area (Å²) in [4.78, 5) is 17.9. The highest BCUT2D eigenvalue weighted by atomic mass is 16.5. The molecule has 1 aromatic heterocycles. The Morgan fingerprint density at radius 1 is 1.53 bits per heavy atom. The highest BCUT2D eigenvalue weighted by molar-refractivity contribution is 5.90. The van der Waals surface area contributed by atoms with Crippen molar-refractivity contribution in [3.8, 4) is 0 Å². The number of hydrogen-bond acceptors (Lipinski definition) is 5. The molecule has 0 aliphatic heterocycles. The Labute approximate surface area is 114 Å². The van der Waals surface area contributed by atoms with Gasteiger partial charge in [0.2, 0.25) is 0 Å². The van der Waals surface area contributed by atoms with Crippen LogP contribution < -0.4 is 4.90 Å². The van der Waals surface area contributed by atoms with E-state index in [1.807, 2.05) is 19.0 Å². The first-order valence-electron chi connectivity index (χ1n) is 6.26. The average Bonchev–Trinajstić information content (AvgIpc) is 2.26. The lowest BCUT2D eigenvalue weighted by Crippen LogP contribution is -2.28. The molecule has 0 aliphatic carbocycles. The highest BCUT2D eigenvalue weighted by Crippen LogP contribution is 2.16. The lowest BCUT2D eigenvalue weighted by Gasteiger charge is -2.22. The zero-order valence-corrected chi connectivity index (χ0v) is 12.2. The number of pyridine rings is 1. The van der Waals surface area contributed by atoms with E-state index in [-0.39, 0.29) is 6.10 Å². The molecular formula is C14H22N2O3. The topological polar surface area (TPSA) is 62.7 Å². The van der Waals surface area contributed by atoms with E-state index in [9.17, 15) is 9.90 Å². The fraction of sp³-hybridized carbons (Fsp3) is 0.571. The van der Waals surface area contributed by atoms with Gasteiger partial charge in [-0.1, -0.05) is 0 Å². The van der Waals surface area contributed by atoms with Crippen molar-refractivity contribution in [3.63, 3.8) is 0 Å². The molecule has 0 spiro atoms. The van der Waals surface area contributed by atoms with Crippen molar-refractivity contribution in [2.24, 2.45) is 0 Å². The normalized spacial score (nSPS) is 12.9. The molecule has 0 saturated carbocycles. The lowest BCUT2D eigenvalue weighted by molar-refractivity contribution is -0.00249. The molecule has 1 aromatic rings. The van der Waals surface area contributed by atoms with Crippen molar-refractivity contribution in [2.75, 3.05) is 19.0 Å². The molecule has 1 N–H and O–H groups in total. The van der Waals surface area contributed by atoms with E-state index in [2.05, 4.69) is 4.98 Å². The quantitative estimate of drug-likeness (QED) is 0.824. The van der Waals surface area contributed by atoms with Crippen LogP contribution in [0.25, 0.3) is 0 Å². The Hall–Kier alpha value is -1.62. The number of aliphatic hydroxyl groups is 1. The number of esters is 1. The van der Waals surface area contributed by atoms with Gasteiger partial charge in [0, 0.05) is 26.7 Å². The number of nitrogens with zero attached hydrogens (tertiary/aromatic N) is 2. The van der Waals surface area contributed by atoms with Gasteiger partial charge in [0.15, 0.2) is 0 Å². The first kappa shape index (κ1) is 15.4. The van der Waals surface area contributed by atoms with Gasteiger partial charge < -0.3 is 14.7 Å². The summed E-state index contributed by atoms with van der Waals surface area (Å²) in [7, 11) is 3.71. The largest absolute Gasteiger partial charge is 0.459 e. The monoisotopic (exact) mass is 266 g/mol. The minimum Gasteiger partial charge on any atom is -0.459 e. The van der Waals surface area contributed by atoms with Gasteiger partial charge in [-0.2, -0.15) is 0 Å². The fourth-order valence-corrected chi connectivity index (χ4v) is 1.79. The minimum absolute atomic E-state index is 0.344. The van der Waals surface area contributed by atoms with Crippen LogP contribution in [0.2, 0.25) is 0 Å². The maximum Gasteiger partial charge on any atom is 0.338 e. The molecule has 5 heteroatoms. The first-order valence-corrected chi connectivity index (χ1v) is 6.26. The molecule has 0 fully saturated rings. The molecule has 0 aliphatic rings. The third kappa shape index (κ3) is 5.26. The van der Waals surface area contributed by atoms with Crippen LogP contribution in [0, 0.1) is 0 Å². The van der Waals surface area contributed by atoms with Crippen LogP contribution in [0.5, 0.6) is 0 Å². The SMILES string of the molecule is C[C@@H](CC(C)(C)O)OC(=O)c1ccnc(N(C)C)c1. The number of carbonyl (C=O) groups excluding carboxylic acids is 1. The average molecular weight is 266 g/mol. The second-order valence-corrected chi connectivity index (χ2v) is 5.53. The van der Waals surface area contributed by atoms with Gasteiger partial charge in [-0.15, -0.1) is 0 Å². The van der Waals surface area contributed by atoms with Crippen molar-refractivity contribution in [3.05, 3.63) is 23.9 Å². The predicted octanol–water partition coefficient (Wildman–Crippen LogP) is 1.85. The standard InChI is InChI=1S/C14H22N2O3/c1-10(9-14(2,3)18)19-13(17)11-6-7-15-12(8-11)16(4)5/h6-8,10,18H,9H2,1-5H3/t10-/m0/s1. The lowest BCUT2D eigenvalue weighted by atomic mass is 10.0. The second-order valence-electron chi connectivity index (χ2n) is 5.53. The first-order chi connectivity index (χ1) is 8.69. The molecule has 5 nitrogen and oxygen atoms in total. The van der Waals surface area contributed by atoms with Crippen molar-refractivity contribution >= 4 is 11.8 Å². The number of anilines is 1. The maximum atomic E-state index is 12.0. The molecule has 0 unspecified atom stereocenters. The summed E-state index contributed by atoms with van der Waals surface area (Å²) in [5, 5.41) is 9.68. The zero-order chi connectivity index (χ0) is 14.6. The van der Waals surface area contributed by atoms with Gasteiger partial charge in [0.05, 0.1) is 11.2 Å². The second kappa shape index (κ2) is 6.02. The number of aromatic nitrogens is 1. The van der Waals surface area contributed by atoms with Crippen LogP contribution in [0.3, 0.4) is 0 Å². The summed E-state index contributed by atoms with van der Waals surface area (Å²) in [6, 6.07) is 3.30. The Morgan fingerprint density at radius 2 is 2.16 bits per heavy atom. The summed E-state index contributed by atoms with van der Waals surface area (Å²) in [5.41, 5.74) is -0.395. The number of hydrogen-bond donors (Lipinski definition) is 1. The van der Waals surface area contributed by atoms with E-state index in [0.717, 1.165) is 0 Å². The Morgan fingerprint density at radius 3 is 2.68 bits per heavy atom. The van der Waals surface area contributed by atoms with E-state index >= 15 is 0 Å². The molecule has 1 atom stereocenters. The molecule has 106 valence electrons. The molecule has 0 radical (unpaired) electrons. The summed E-state index contributed by atoms with van der Waals surface area (Å²) in [6.45, 7) is 5.14. The van der Waals surface area contributed by atoms with E-state index in [0.29, 0.717) is 17.8 Å². The third-order valence-corrected chi connectivity index (χ3v) is 2.53. The summed E-state index contributed by atoms with van der Waals surface area (Å²) in [5.74, 6) is 0.298. The Balaban J connectivity index is 2.70. The molecule has 0 amide bonds. The highest BCUT2D eigenvalue weighted by Gasteiger charge is 2.21. The summed E-state index contributed by atoms with van der Waals surface area (Å²) < 4.78 is 5.30. The maximum absolute atomic E-state index is 12.0. The molecular weight excluding hydrogens is 244 g/mol. The van der Waals surface area contributed by atoms with Crippen molar-refractivity contribution in [2.45, 2.75) is 38.9 Å². The van der Waals surface area contributed by atoms with Gasteiger partial charge in [0.25, 0.3) is 0 Å². The minimum atomic E-state index is -0.854. The molecule has 0 bridgehead atoms. The smallest absolute Gasteiger partial charge is 0.338 e. The van der Waals surface area contributed by atoms with E-state index in [4.69, 9.17) is 4.74 Å². The molecule has 0 aromatic carbocycles. The number of carbonyl (C=O) groups is 1. The Kier molecular flexibility index (Phi) is 4.89. The zero-order valence-electron chi connectivity index (χ0n) is 12.2. The van der Waals surface area contributed by atoms with Gasteiger partial charge in [-0.25, -0.2) is 9.78 Å². The Bertz CT molecular complexity index is 439. The number of ether oxygens (including phenoxy) is 1. The fourth-order valence-electron chi connectivity index (χ4n) is 1.79. The van der Waals surface area contributed by atoms with Gasteiger partial charge in [0.1, 0.15) is 11.9 Å². The molecule has 0 saturated heterocycles. The molecule has 19 heavy (non-hydrogen) atoms. The summed E-state index contributed by atoms with van der Waals surface area (Å²) in [6.07, 6.45) is 1.63. The van der Waals surface area contributed by atoms with Crippen LogP contribution in [0.4, 0.5) is 5.82 Å². The van der Waals surface area contributed by atoms with Crippen LogP contribution in [0.15, 0.2) is 18.3 Å². The van der Waals surface area contributed by atoms with E-state index < -0.39 is 11.6 Å². The van der Waals surface area contributed by atoms with Crippen LogP contribution in [-0.4, -0.2) is 41.9 Å². The predicted molar refractivity (Wildman–Crippen MR) is 74.4 cm³/mol. The number of rotatable bonds is 5. The van der Waals surface area contributed by atoms with E-state index in [1.54, 1.807) is 39.1 Å². The van der Waals surface area contributed by atoms with Crippen LogP contribution in [0.1, 0.15) is 37.6 Å².